The van der Waals surface area contributed by atoms with Crippen molar-refractivity contribution in [2.45, 2.75) is 6.92 Å². The van der Waals surface area contributed by atoms with Gasteiger partial charge in [-0.25, -0.2) is 0 Å². The molecular formula is C19H17P. The third-order valence-electron chi connectivity index (χ3n) is 3.61. The van der Waals surface area contributed by atoms with Gasteiger partial charge in [-0.3, -0.25) is 0 Å². The molecule has 1 atom stereocenters. The lowest BCUT2D eigenvalue weighted by Crippen LogP contribution is -1.97. The van der Waals surface area contributed by atoms with Crippen LogP contribution >= 0.6 is 9.24 Å². The Morgan fingerprint density at radius 2 is 1.00 bits per heavy atom. The molecule has 0 radical (unpaired) electrons. The summed E-state index contributed by atoms with van der Waals surface area (Å²) in [5.41, 5.74) is 6.46. The maximum atomic E-state index is 2.83. The Morgan fingerprint density at radius 3 is 1.60 bits per heavy atom. The van der Waals surface area contributed by atoms with Crippen molar-refractivity contribution in [2.24, 2.45) is 0 Å². The minimum atomic E-state index is 1.23. The van der Waals surface area contributed by atoms with Crippen LogP contribution in [0, 0.1) is 6.92 Å². The maximum absolute atomic E-state index is 2.83. The fraction of sp³-hybridized carbons (Fsp3) is 0.0526. The van der Waals surface area contributed by atoms with Gasteiger partial charge in [0.25, 0.3) is 0 Å². The SMILES string of the molecule is Cc1ccccc1-c1ccccc1-c1ccccc1P. The molecule has 0 heterocycles. The second-order valence-electron chi connectivity index (χ2n) is 4.95. The first-order valence-electron chi connectivity index (χ1n) is 6.77. The van der Waals surface area contributed by atoms with Crippen molar-refractivity contribution in [3.63, 3.8) is 0 Å². The molecule has 0 N–H and O–H groups in total. The molecule has 0 aromatic heterocycles. The van der Waals surface area contributed by atoms with Crippen molar-refractivity contribution >= 4 is 14.5 Å². The van der Waals surface area contributed by atoms with Crippen LogP contribution in [0.4, 0.5) is 0 Å². The number of benzene rings is 3. The monoisotopic (exact) mass is 276 g/mol. The summed E-state index contributed by atoms with van der Waals surface area (Å²) in [4.78, 5) is 0. The lowest BCUT2D eigenvalue weighted by Gasteiger charge is -2.13. The Labute approximate surface area is 122 Å². The number of rotatable bonds is 2. The van der Waals surface area contributed by atoms with Crippen molar-refractivity contribution in [1.29, 1.82) is 0 Å². The van der Waals surface area contributed by atoms with Crippen molar-refractivity contribution < 1.29 is 0 Å². The van der Waals surface area contributed by atoms with Crippen molar-refractivity contribution in [2.75, 3.05) is 0 Å². The number of aryl methyl sites for hydroxylation is 1. The molecule has 1 heteroatoms. The predicted molar refractivity (Wildman–Crippen MR) is 91.4 cm³/mol. The fourth-order valence-electron chi connectivity index (χ4n) is 2.57. The maximum Gasteiger partial charge on any atom is -0.00991 e. The van der Waals surface area contributed by atoms with Gasteiger partial charge in [0, 0.05) is 0 Å². The van der Waals surface area contributed by atoms with Gasteiger partial charge in [-0.2, -0.15) is 0 Å². The highest BCUT2D eigenvalue weighted by atomic mass is 31.0. The number of hydrogen-bond donors (Lipinski definition) is 0. The summed E-state index contributed by atoms with van der Waals surface area (Å²) in [6.07, 6.45) is 0. The minimum Gasteiger partial charge on any atom is -0.105 e. The van der Waals surface area contributed by atoms with E-state index in [1.165, 1.54) is 33.1 Å². The molecule has 3 aromatic rings. The third kappa shape index (κ3) is 2.40. The van der Waals surface area contributed by atoms with E-state index in [1.54, 1.807) is 0 Å². The lowest BCUT2D eigenvalue weighted by atomic mass is 9.92. The smallest absolute Gasteiger partial charge is 0.00991 e. The molecule has 0 spiro atoms. The standard InChI is InChI=1S/C19H17P/c1-14-8-2-3-9-15(14)16-10-4-5-11-17(16)18-12-6-7-13-19(18)20/h2-13H,20H2,1H3. The van der Waals surface area contributed by atoms with Crippen LogP contribution < -0.4 is 5.30 Å². The van der Waals surface area contributed by atoms with Gasteiger partial charge < -0.3 is 0 Å². The molecule has 20 heavy (non-hydrogen) atoms. The molecule has 1 unspecified atom stereocenters. The lowest BCUT2D eigenvalue weighted by molar-refractivity contribution is 1.46. The average molecular weight is 276 g/mol. The summed E-state index contributed by atoms with van der Waals surface area (Å²) in [7, 11) is 2.83. The Hall–Kier alpha value is -1.91. The Morgan fingerprint density at radius 1 is 0.550 bits per heavy atom. The topological polar surface area (TPSA) is 0 Å². The third-order valence-corrected chi connectivity index (χ3v) is 4.12. The summed E-state index contributed by atoms with van der Waals surface area (Å²) in [6.45, 7) is 2.17. The molecule has 0 nitrogen and oxygen atoms in total. The summed E-state index contributed by atoms with van der Waals surface area (Å²) in [6, 6.07) is 25.6. The molecule has 0 aliphatic carbocycles. The summed E-state index contributed by atoms with van der Waals surface area (Å²) >= 11 is 0. The Bertz CT molecular complexity index is 680. The van der Waals surface area contributed by atoms with Crippen molar-refractivity contribution in [1.82, 2.24) is 0 Å². The quantitative estimate of drug-likeness (QED) is 0.588. The van der Waals surface area contributed by atoms with E-state index in [0.29, 0.717) is 0 Å². The van der Waals surface area contributed by atoms with Crippen LogP contribution in [-0.4, -0.2) is 0 Å². The van der Waals surface area contributed by atoms with Crippen molar-refractivity contribution in [3.8, 4) is 22.3 Å². The van der Waals surface area contributed by atoms with Gasteiger partial charge in [0.2, 0.25) is 0 Å². The van der Waals surface area contributed by atoms with E-state index in [2.05, 4.69) is 89.0 Å². The van der Waals surface area contributed by atoms with Crippen LogP contribution in [0.25, 0.3) is 22.3 Å². The first-order chi connectivity index (χ1) is 9.77. The second-order valence-corrected chi connectivity index (χ2v) is 5.57. The van der Waals surface area contributed by atoms with Gasteiger partial charge in [-0.1, -0.05) is 72.8 Å². The van der Waals surface area contributed by atoms with Crippen molar-refractivity contribution in [3.05, 3.63) is 78.4 Å². The summed E-state index contributed by atoms with van der Waals surface area (Å²) < 4.78 is 0. The predicted octanol–water partition coefficient (Wildman–Crippen LogP) is 4.83. The Balaban J connectivity index is 2.25. The highest BCUT2D eigenvalue weighted by Crippen LogP contribution is 2.33. The van der Waals surface area contributed by atoms with E-state index < -0.39 is 0 Å². The van der Waals surface area contributed by atoms with Gasteiger partial charge in [0.05, 0.1) is 0 Å². The molecule has 3 aromatic carbocycles. The van der Waals surface area contributed by atoms with Crippen LogP contribution in [0.5, 0.6) is 0 Å². The molecule has 0 saturated heterocycles. The average Bonchev–Trinajstić information content (AvgIpc) is 2.48. The zero-order valence-corrected chi connectivity index (χ0v) is 12.7. The Kier molecular flexibility index (Phi) is 3.67. The molecule has 0 amide bonds. The molecule has 3 rings (SSSR count). The van der Waals surface area contributed by atoms with E-state index in [9.17, 15) is 0 Å². The molecule has 0 bridgehead atoms. The molecule has 0 aliphatic heterocycles. The van der Waals surface area contributed by atoms with Crippen LogP contribution in [0.3, 0.4) is 0 Å². The first kappa shape index (κ1) is 13.1. The van der Waals surface area contributed by atoms with E-state index in [4.69, 9.17) is 0 Å². The molecular weight excluding hydrogens is 259 g/mol. The highest BCUT2D eigenvalue weighted by molar-refractivity contribution is 7.28. The zero-order valence-electron chi connectivity index (χ0n) is 11.5. The molecule has 98 valence electrons. The summed E-state index contributed by atoms with van der Waals surface area (Å²) in [5, 5.41) is 1.23. The molecule has 0 fully saturated rings. The van der Waals surface area contributed by atoms with Crippen LogP contribution in [0.15, 0.2) is 72.8 Å². The number of hydrogen-bond acceptors (Lipinski definition) is 0. The van der Waals surface area contributed by atoms with Gasteiger partial charge in [0.1, 0.15) is 0 Å². The van der Waals surface area contributed by atoms with E-state index in [0.717, 1.165) is 0 Å². The zero-order chi connectivity index (χ0) is 13.9. The summed E-state index contributed by atoms with van der Waals surface area (Å²) in [5.74, 6) is 0. The fourth-order valence-corrected chi connectivity index (χ4v) is 2.93. The van der Waals surface area contributed by atoms with Gasteiger partial charge in [-0.15, -0.1) is 9.24 Å². The van der Waals surface area contributed by atoms with E-state index in [-0.39, 0.29) is 0 Å². The van der Waals surface area contributed by atoms with Crippen LogP contribution in [0.1, 0.15) is 5.56 Å². The van der Waals surface area contributed by atoms with Gasteiger partial charge >= 0.3 is 0 Å². The van der Waals surface area contributed by atoms with E-state index >= 15 is 0 Å². The molecule has 0 saturated carbocycles. The van der Waals surface area contributed by atoms with Crippen LogP contribution in [0.2, 0.25) is 0 Å². The largest absolute Gasteiger partial charge is 0.105 e. The van der Waals surface area contributed by atoms with Crippen LogP contribution in [-0.2, 0) is 0 Å². The second kappa shape index (κ2) is 5.61. The normalized spacial score (nSPS) is 10.5. The van der Waals surface area contributed by atoms with E-state index in [1.807, 2.05) is 0 Å². The van der Waals surface area contributed by atoms with Gasteiger partial charge in [0.15, 0.2) is 0 Å². The first-order valence-corrected chi connectivity index (χ1v) is 7.35. The highest BCUT2D eigenvalue weighted by Gasteiger charge is 2.09. The van der Waals surface area contributed by atoms with Gasteiger partial charge in [-0.05, 0) is 40.0 Å². The molecule has 0 aliphatic rings. The minimum absolute atomic E-state index is 1.23.